The number of nitrogens with one attached hydrogen (secondary N) is 2. The van der Waals surface area contributed by atoms with Crippen LogP contribution in [0, 0.1) is 17.2 Å². The summed E-state index contributed by atoms with van der Waals surface area (Å²) in [5.74, 6) is 0.840. The van der Waals surface area contributed by atoms with Gasteiger partial charge in [0.1, 0.15) is 18.4 Å². The highest BCUT2D eigenvalue weighted by Gasteiger charge is 2.47. The Bertz CT molecular complexity index is 891. The van der Waals surface area contributed by atoms with Crippen LogP contribution < -0.4 is 21.3 Å². The van der Waals surface area contributed by atoms with Gasteiger partial charge in [-0.15, -0.1) is 0 Å². The molecule has 1 saturated heterocycles. The summed E-state index contributed by atoms with van der Waals surface area (Å²) >= 11 is 0. The first-order chi connectivity index (χ1) is 13.2. The SMILES string of the molecule is CC1NNC2OC(N)=C(C#N)C(c3cccc(OCc4ccccc4)c3)C12. The summed E-state index contributed by atoms with van der Waals surface area (Å²) in [5.41, 5.74) is 14.9. The quantitative estimate of drug-likeness (QED) is 0.774. The zero-order valence-corrected chi connectivity index (χ0v) is 15.1. The third-order valence-corrected chi connectivity index (χ3v) is 5.18. The van der Waals surface area contributed by atoms with E-state index in [1.165, 1.54) is 0 Å². The van der Waals surface area contributed by atoms with Crippen molar-refractivity contribution in [1.29, 1.82) is 5.26 Å². The molecule has 0 aliphatic carbocycles. The first kappa shape index (κ1) is 17.4. The Morgan fingerprint density at radius 3 is 2.74 bits per heavy atom. The number of allylic oxidation sites excluding steroid dienone is 1. The Hall–Kier alpha value is -3.01. The molecular weight excluding hydrogens is 340 g/mol. The predicted molar refractivity (Wildman–Crippen MR) is 101 cm³/mol. The summed E-state index contributed by atoms with van der Waals surface area (Å²) in [6, 6.07) is 20.3. The average molecular weight is 362 g/mol. The molecule has 138 valence electrons. The fourth-order valence-corrected chi connectivity index (χ4v) is 3.84. The molecule has 0 bridgehead atoms. The molecule has 1 fully saturated rings. The van der Waals surface area contributed by atoms with Crippen LogP contribution in [0.2, 0.25) is 0 Å². The monoisotopic (exact) mass is 362 g/mol. The van der Waals surface area contributed by atoms with E-state index in [0.29, 0.717) is 12.2 Å². The molecular formula is C21H22N4O2. The van der Waals surface area contributed by atoms with Gasteiger partial charge in [-0.2, -0.15) is 5.26 Å². The van der Waals surface area contributed by atoms with E-state index in [4.69, 9.17) is 15.2 Å². The van der Waals surface area contributed by atoms with E-state index in [1.807, 2.05) is 54.6 Å². The molecule has 2 heterocycles. The molecule has 4 rings (SSSR count). The zero-order valence-electron chi connectivity index (χ0n) is 15.1. The lowest BCUT2D eigenvalue weighted by molar-refractivity contribution is 0.0350. The summed E-state index contributed by atoms with van der Waals surface area (Å²) in [4.78, 5) is 0. The lowest BCUT2D eigenvalue weighted by Crippen LogP contribution is -2.41. The molecule has 0 amide bonds. The number of ether oxygens (including phenoxy) is 2. The topological polar surface area (TPSA) is 92.3 Å². The van der Waals surface area contributed by atoms with E-state index in [0.717, 1.165) is 16.9 Å². The van der Waals surface area contributed by atoms with Crippen LogP contribution in [0.3, 0.4) is 0 Å². The molecule has 0 aromatic heterocycles. The molecule has 6 nitrogen and oxygen atoms in total. The van der Waals surface area contributed by atoms with Crippen LogP contribution in [-0.2, 0) is 11.3 Å². The molecule has 4 atom stereocenters. The number of hydrazine groups is 1. The van der Waals surface area contributed by atoms with Crippen molar-refractivity contribution in [1.82, 2.24) is 10.9 Å². The van der Waals surface area contributed by atoms with Crippen molar-refractivity contribution in [2.24, 2.45) is 11.7 Å². The second-order valence-corrected chi connectivity index (χ2v) is 6.91. The van der Waals surface area contributed by atoms with Crippen LogP contribution in [0.4, 0.5) is 0 Å². The number of rotatable bonds is 4. The molecule has 0 spiro atoms. The highest BCUT2D eigenvalue weighted by molar-refractivity contribution is 5.43. The van der Waals surface area contributed by atoms with E-state index in [1.54, 1.807) is 0 Å². The maximum atomic E-state index is 9.68. The Morgan fingerprint density at radius 2 is 1.96 bits per heavy atom. The van der Waals surface area contributed by atoms with Crippen LogP contribution in [0.5, 0.6) is 5.75 Å². The van der Waals surface area contributed by atoms with Gasteiger partial charge < -0.3 is 15.2 Å². The molecule has 27 heavy (non-hydrogen) atoms. The van der Waals surface area contributed by atoms with Crippen LogP contribution in [0.25, 0.3) is 0 Å². The van der Waals surface area contributed by atoms with Crippen molar-refractivity contribution >= 4 is 0 Å². The largest absolute Gasteiger partial charge is 0.489 e. The van der Waals surface area contributed by atoms with Gasteiger partial charge >= 0.3 is 0 Å². The number of nitriles is 1. The van der Waals surface area contributed by atoms with Crippen LogP contribution in [0.15, 0.2) is 66.1 Å². The average Bonchev–Trinajstić information content (AvgIpc) is 3.06. The Labute approximate surface area is 158 Å². The molecule has 2 aliphatic rings. The summed E-state index contributed by atoms with van der Waals surface area (Å²) < 4.78 is 11.7. The third-order valence-electron chi connectivity index (χ3n) is 5.18. The Kier molecular flexibility index (Phi) is 4.71. The summed E-state index contributed by atoms with van der Waals surface area (Å²) in [6.45, 7) is 2.56. The van der Waals surface area contributed by atoms with Gasteiger partial charge in [0.05, 0.1) is 5.57 Å². The maximum absolute atomic E-state index is 9.68. The smallest absolute Gasteiger partial charge is 0.200 e. The lowest BCUT2D eigenvalue weighted by Gasteiger charge is -2.35. The second-order valence-electron chi connectivity index (χ2n) is 6.91. The van der Waals surface area contributed by atoms with Crippen molar-refractivity contribution in [2.45, 2.75) is 31.7 Å². The number of nitrogens with two attached hydrogens (primary N) is 1. The van der Waals surface area contributed by atoms with Gasteiger partial charge in [0.2, 0.25) is 5.88 Å². The number of fused-ring (bicyclic) bond motifs is 1. The minimum Gasteiger partial charge on any atom is -0.489 e. The van der Waals surface area contributed by atoms with Crippen LogP contribution >= 0.6 is 0 Å². The van der Waals surface area contributed by atoms with Crippen molar-refractivity contribution < 1.29 is 9.47 Å². The highest BCUT2D eigenvalue weighted by atomic mass is 16.5. The molecule has 2 aromatic rings. The summed E-state index contributed by atoms with van der Waals surface area (Å²) in [6.07, 6.45) is -0.268. The van der Waals surface area contributed by atoms with Gasteiger partial charge in [-0.05, 0) is 30.2 Å². The minimum atomic E-state index is -0.268. The summed E-state index contributed by atoms with van der Waals surface area (Å²) in [7, 11) is 0. The molecule has 2 aliphatic heterocycles. The first-order valence-corrected chi connectivity index (χ1v) is 9.01. The molecule has 0 radical (unpaired) electrons. The fraction of sp³-hybridized carbons (Fsp3) is 0.286. The predicted octanol–water partition coefficient (Wildman–Crippen LogP) is 2.51. The minimum absolute atomic E-state index is 0.0522. The number of nitrogens with zero attached hydrogens (tertiary/aromatic N) is 1. The molecule has 4 unspecified atom stereocenters. The van der Waals surface area contributed by atoms with Crippen molar-refractivity contribution in [3.8, 4) is 11.8 Å². The van der Waals surface area contributed by atoms with E-state index in [-0.39, 0.29) is 30.0 Å². The molecule has 0 saturated carbocycles. The molecule has 6 heteroatoms. The van der Waals surface area contributed by atoms with Gasteiger partial charge in [0.25, 0.3) is 0 Å². The standard InChI is InChI=1S/C21H22N4O2/c1-13-18-19(17(11-22)20(23)27-21(18)25-24-13)15-8-5-9-16(10-15)26-12-14-6-3-2-4-7-14/h2-10,13,18-19,21,24-25H,12,23H2,1H3. The van der Waals surface area contributed by atoms with Crippen LogP contribution in [-0.4, -0.2) is 12.3 Å². The zero-order chi connectivity index (χ0) is 18.8. The second kappa shape index (κ2) is 7.31. The third kappa shape index (κ3) is 3.35. The van der Waals surface area contributed by atoms with Gasteiger partial charge in [-0.1, -0.05) is 42.5 Å². The van der Waals surface area contributed by atoms with Gasteiger partial charge in [0, 0.05) is 17.9 Å². The number of hydrogen-bond donors (Lipinski definition) is 3. The number of hydrogen-bond acceptors (Lipinski definition) is 6. The van der Waals surface area contributed by atoms with Crippen molar-refractivity contribution in [3.63, 3.8) is 0 Å². The van der Waals surface area contributed by atoms with Gasteiger partial charge in [-0.3, -0.25) is 5.43 Å². The highest BCUT2D eigenvalue weighted by Crippen LogP contribution is 2.43. The number of benzene rings is 2. The van der Waals surface area contributed by atoms with Crippen LogP contribution in [0.1, 0.15) is 24.0 Å². The Balaban J connectivity index is 1.63. The normalized spacial score (nSPS) is 26.8. The maximum Gasteiger partial charge on any atom is 0.200 e. The Morgan fingerprint density at radius 1 is 1.15 bits per heavy atom. The van der Waals surface area contributed by atoms with Crippen molar-refractivity contribution in [3.05, 3.63) is 77.2 Å². The van der Waals surface area contributed by atoms with E-state index >= 15 is 0 Å². The first-order valence-electron chi connectivity index (χ1n) is 9.01. The van der Waals surface area contributed by atoms with E-state index in [9.17, 15) is 5.26 Å². The van der Waals surface area contributed by atoms with E-state index < -0.39 is 0 Å². The lowest BCUT2D eigenvalue weighted by atomic mass is 9.76. The van der Waals surface area contributed by atoms with Crippen molar-refractivity contribution in [2.75, 3.05) is 0 Å². The van der Waals surface area contributed by atoms with E-state index in [2.05, 4.69) is 23.8 Å². The van der Waals surface area contributed by atoms with Gasteiger partial charge in [0.15, 0.2) is 6.23 Å². The molecule has 2 aromatic carbocycles. The fourth-order valence-electron chi connectivity index (χ4n) is 3.84. The molecule has 4 N–H and O–H groups in total. The summed E-state index contributed by atoms with van der Waals surface area (Å²) in [5, 5.41) is 9.68. The van der Waals surface area contributed by atoms with Gasteiger partial charge in [-0.25, -0.2) is 5.43 Å².